The van der Waals surface area contributed by atoms with E-state index in [1.54, 1.807) is 18.2 Å². The van der Waals surface area contributed by atoms with Crippen LogP contribution in [0.2, 0.25) is 0 Å². The number of amides is 1. The van der Waals surface area contributed by atoms with Crippen LogP contribution in [0.1, 0.15) is 10.4 Å². The van der Waals surface area contributed by atoms with Crippen molar-refractivity contribution in [3.8, 4) is 0 Å². The van der Waals surface area contributed by atoms with Crippen LogP contribution in [0.5, 0.6) is 0 Å². The molecule has 0 bridgehead atoms. The topological polar surface area (TPSA) is 42.0 Å². The number of nitrogens with one attached hydrogen (secondary N) is 1. The minimum absolute atomic E-state index is 0.103. The van der Waals surface area contributed by atoms with Gasteiger partial charge in [0.25, 0.3) is 5.91 Å². The van der Waals surface area contributed by atoms with E-state index in [9.17, 15) is 13.6 Å². The molecule has 1 N–H and O–H groups in total. The Morgan fingerprint density at radius 2 is 1.83 bits per heavy atom. The molecule has 6 heteroatoms. The van der Waals surface area contributed by atoms with Gasteiger partial charge in [-0.05, 0) is 40.2 Å². The molecule has 3 nitrogen and oxygen atoms in total. The van der Waals surface area contributed by atoms with Crippen LogP contribution in [-0.4, -0.2) is 10.9 Å². The lowest BCUT2D eigenvalue weighted by molar-refractivity contribution is 0.102. The highest BCUT2D eigenvalue weighted by molar-refractivity contribution is 9.10. The zero-order valence-corrected chi connectivity index (χ0v) is 10.5. The van der Waals surface area contributed by atoms with Gasteiger partial charge in [-0.1, -0.05) is 6.07 Å². The highest BCUT2D eigenvalue weighted by Gasteiger charge is 2.10. The van der Waals surface area contributed by atoms with Crippen molar-refractivity contribution in [2.75, 3.05) is 5.32 Å². The second-order valence-electron chi connectivity index (χ2n) is 3.46. The molecule has 0 saturated carbocycles. The maximum absolute atomic E-state index is 12.9. The SMILES string of the molecule is O=C(Nc1cccc(Br)n1)c1cc(F)cc(F)c1. The molecule has 0 aliphatic rings. The molecule has 0 aliphatic heterocycles. The standard InChI is InChI=1S/C12H7BrF2N2O/c13-10-2-1-3-11(16-10)17-12(18)7-4-8(14)6-9(15)5-7/h1-6H,(H,16,17,18). The van der Waals surface area contributed by atoms with Gasteiger partial charge < -0.3 is 5.32 Å². The molecule has 2 aromatic rings. The van der Waals surface area contributed by atoms with Crippen LogP contribution in [0.3, 0.4) is 0 Å². The molecule has 2 rings (SSSR count). The van der Waals surface area contributed by atoms with E-state index in [0.717, 1.165) is 12.1 Å². The predicted molar refractivity (Wildman–Crippen MR) is 66.2 cm³/mol. The molecule has 0 saturated heterocycles. The van der Waals surface area contributed by atoms with Crippen LogP contribution >= 0.6 is 15.9 Å². The normalized spacial score (nSPS) is 10.2. The third kappa shape index (κ3) is 3.10. The first-order chi connectivity index (χ1) is 8.54. The Balaban J connectivity index is 2.22. The second-order valence-corrected chi connectivity index (χ2v) is 4.27. The summed E-state index contributed by atoms with van der Waals surface area (Å²) in [4.78, 5) is 15.7. The third-order valence-electron chi connectivity index (χ3n) is 2.08. The van der Waals surface area contributed by atoms with Crippen molar-refractivity contribution in [1.29, 1.82) is 0 Å². The Morgan fingerprint density at radius 3 is 2.44 bits per heavy atom. The minimum atomic E-state index is -0.803. The van der Waals surface area contributed by atoms with Crippen molar-refractivity contribution in [3.05, 3.63) is 58.2 Å². The summed E-state index contributed by atoms with van der Waals surface area (Å²) in [5.41, 5.74) is -0.103. The van der Waals surface area contributed by atoms with Crippen molar-refractivity contribution >= 4 is 27.7 Å². The zero-order valence-electron chi connectivity index (χ0n) is 8.95. The van der Waals surface area contributed by atoms with Gasteiger partial charge in [-0.25, -0.2) is 13.8 Å². The number of anilines is 1. The minimum Gasteiger partial charge on any atom is -0.307 e. The molecular weight excluding hydrogens is 306 g/mol. The summed E-state index contributed by atoms with van der Waals surface area (Å²) in [6.45, 7) is 0. The first-order valence-corrected chi connectivity index (χ1v) is 5.74. The third-order valence-corrected chi connectivity index (χ3v) is 2.52. The van der Waals surface area contributed by atoms with Crippen molar-refractivity contribution in [3.63, 3.8) is 0 Å². The quantitative estimate of drug-likeness (QED) is 0.864. The van der Waals surface area contributed by atoms with Gasteiger partial charge >= 0.3 is 0 Å². The predicted octanol–water partition coefficient (Wildman–Crippen LogP) is 3.37. The highest BCUT2D eigenvalue weighted by atomic mass is 79.9. The van der Waals surface area contributed by atoms with Gasteiger partial charge in [0.2, 0.25) is 0 Å². The summed E-state index contributed by atoms with van der Waals surface area (Å²) in [5, 5.41) is 2.44. The van der Waals surface area contributed by atoms with Gasteiger partial charge in [-0.2, -0.15) is 0 Å². The van der Waals surface area contributed by atoms with E-state index in [-0.39, 0.29) is 5.56 Å². The fourth-order valence-electron chi connectivity index (χ4n) is 1.35. The zero-order chi connectivity index (χ0) is 13.1. The first kappa shape index (κ1) is 12.6. The molecule has 0 unspecified atom stereocenters. The maximum atomic E-state index is 12.9. The average molecular weight is 313 g/mol. The van der Waals surface area contributed by atoms with Gasteiger partial charge in [0, 0.05) is 11.6 Å². The van der Waals surface area contributed by atoms with E-state index in [0.29, 0.717) is 16.5 Å². The van der Waals surface area contributed by atoms with E-state index in [1.165, 1.54) is 0 Å². The summed E-state index contributed by atoms with van der Waals surface area (Å²) in [5.74, 6) is -1.94. The van der Waals surface area contributed by atoms with Gasteiger partial charge in [-0.3, -0.25) is 4.79 Å². The number of carbonyl (C=O) groups excluding carboxylic acids is 1. The number of halogens is 3. The Morgan fingerprint density at radius 1 is 1.17 bits per heavy atom. The van der Waals surface area contributed by atoms with Gasteiger partial charge in [-0.15, -0.1) is 0 Å². The molecule has 0 spiro atoms. The number of carbonyl (C=O) groups is 1. The van der Waals surface area contributed by atoms with Crippen LogP contribution in [0, 0.1) is 11.6 Å². The molecule has 1 aromatic carbocycles. The molecule has 1 aromatic heterocycles. The highest BCUT2D eigenvalue weighted by Crippen LogP contribution is 2.13. The molecule has 1 amide bonds. The van der Waals surface area contributed by atoms with Crippen LogP contribution in [0.4, 0.5) is 14.6 Å². The molecular formula is C12H7BrF2N2O. The number of aromatic nitrogens is 1. The van der Waals surface area contributed by atoms with Crippen molar-refractivity contribution in [2.45, 2.75) is 0 Å². The second kappa shape index (κ2) is 5.22. The summed E-state index contributed by atoms with van der Waals surface area (Å²) in [7, 11) is 0. The largest absolute Gasteiger partial charge is 0.307 e. The molecule has 0 aliphatic carbocycles. The lowest BCUT2D eigenvalue weighted by Crippen LogP contribution is -2.13. The van der Waals surface area contributed by atoms with Crippen molar-refractivity contribution < 1.29 is 13.6 Å². The lowest BCUT2D eigenvalue weighted by atomic mass is 10.2. The first-order valence-electron chi connectivity index (χ1n) is 4.94. The van der Waals surface area contributed by atoms with Crippen LogP contribution < -0.4 is 5.32 Å². The summed E-state index contributed by atoms with van der Waals surface area (Å²) in [6, 6.07) is 7.55. The Labute approximate surface area is 110 Å². The van der Waals surface area contributed by atoms with Crippen LogP contribution in [0.15, 0.2) is 41.0 Å². The van der Waals surface area contributed by atoms with Gasteiger partial charge in [0.1, 0.15) is 22.1 Å². The smallest absolute Gasteiger partial charge is 0.257 e. The Bertz CT molecular complexity index is 584. The summed E-state index contributed by atoms with van der Waals surface area (Å²) >= 11 is 3.15. The lowest BCUT2D eigenvalue weighted by Gasteiger charge is -2.05. The van der Waals surface area contributed by atoms with E-state index >= 15 is 0 Å². The summed E-state index contributed by atoms with van der Waals surface area (Å²) < 4.78 is 26.4. The monoisotopic (exact) mass is 312 g/mol. The van der Waals surface area contributed by atoms with Crippen molar-refractivity contribution in [1.82, 2.24) is 4.98 Å². The summed E-state index contributed by atoms with van der Waals surface area (Å²) in [6.07, 6.45) is 0. The maximum Gasteiger partial charge on any atom is 0.257 e. The van der Waals surface area contributed by atoms with E-state index < -0.39 is 17.5 Å². The number of benzene rings is 1. The number of nitrogens with zero attached hydrogens (tertiary/aromatic N) is 1. The number of pyridine rings is 1. The van der Waals surface area contributed by atoms with E-state index in [2.05, 4.69) is 26.2 Å². The molecule has 0 radical (unpaired) electrons. The van der Waals surface area contributed by atoms with Crippen molar-refractivity contribution in [2.24, 2.45) is 0 Å². The molecule has 92 valence electrons. The Kier molecular flexibility index (Phi) is 3.66. The number of hydrogen-bond donors (Lipinski definition) is 1. The number of hydrogen-bond acceptors (Lipinski definition) is 2. The molecule has 0 fully saturated rings. The molecule has 1 heterocycles. The molecule has 0 atom stereocenters. The van der Waals surface area contributed by atoms with Gasteiger partial charge in [0.05, 0.1) is 0 Å². The fraction of sp³-hybridized carbons (Fsp3) is 0. The van der Waals surface area contributed by atoms with E-state index in [1.807, 2.05) is 0 Å². The number of rotatable bonds is 2. The average Bonchev–Trinajstić information content (AvgIpc) is 2.27. The fourth-order valence-corrected chi connectivity index (χ4v) is 1.69. The van der Waals surface area contributed by atoms with E-state index in [4.69, 9.17) is 0 Å². The van der Waals surface area contributed by atoms with Crippen LogP contribution in [0.25, 0.3) is 0 Å². The van der Waals surface area contributed by atoms with Crippen LogP contribution in [-0.2, 0) is 0 Å². The Hall–Kier alpha value is -1.82. The van der Waals surface area contributed by atoms with Gasteiger partial charge in [0.15, 0.2) is 0 Å². The molecule has 18 heavy (non-hydrogen) atoms.